The van der Waals surface area contributed by atoms with E-state index in [1.165, 1.54) is 0 Å². The van der Waals surface area contributed by atoms with Crippen molar-refractivity contribution in [1.29, 1.82) is 0 Å². The first-order valence-corrected chi connectivity index (χ1v) is 11.1. The highest BCUT2D eigenvalue weighted by Crippen LogP contribution is 2.26. The number of rotatable bonds is 7. The minimum atomic E-state index is -1.35. The minimum Gasteiger partial charge on any atom is -0.480 e. The van der Waals surface area contributed by atoms with Crippen LogP contribution in [0.2, 0.25) is 0 Å². The highest BCUT2D eigenvalue weighted by molar-refractivity contribution is 7.85. The Labute approximate surface area is 181 Å². The van der Waals surface area contributed by atoms with E-state index in [1.54, 1.807) is 36.4 Å². The second-order valence-corrected chi connectivity index (χ2v) is 8.61. The van der Waals surface area contributed by atoms with Crippen molar-refractivity contribution in [1.82, 2.24) is 10.3 Å². The van der Waals surface area contributed by atoms with Gasteiger partial charge in [0.2, 0.25) is 0 Å². The molecule has 2 N–H and O–H groups in total. The first kappa shape index (κ1) is 20.7. The molecule has 0 aliphatic carbocycles. The number of carboxylic acids is 1. The van der Waals surface area contributed by atoms with Gasteiger partial charge in [-0.05, 0) is 30.7 Å². The Balaban J connectivity index is 1.61. The summed E-state index contributed by atoms with van der Waals surface area (Å²) in [5, 5.41) is 13.6. The maximum absolute atomic E-state index is 13.2. The molecule has 7 heteroatoms. The number of carbonyl (C=O) groups excluding carboxylic acids is 1. The van der Waals surface area contributed by atoms with Crippen LogP contribution >= 0.6 is 0 Å². The molecule has 4 aromatic rings. The van der Waals surface area contributed by atoms with E-state index in [2.05, 4.69) is 10.3 Å². The molecule has 156 valence electrons. The molecule has 0 aliphatic heterocycles. The number of benzene rings is 3. The zero-order chi connectivity index (χ0) is 21.8. The molecule has 1 aromatic heterocycles. The number of nitrogens with one attached hydrogen (secondary N) is 1. The van der Waals surface area contributed by atoms with Crippen LogP contribution in [0.3, 0.4) is 0 Å². The standard InChI is InChI=1S/C24H20N2O4S/c27-23(26-21(24(28)29)14-15-31(30)16-8-2-1-3-9-16)22-17-10-4-6-12-19(17)25-20-13-7-5-11-18(20)22/h1-13,21H,14-15H2,(H,26,27)(H,28,29)/t21-,31-/m0/s1. The summed E-state index contributed by atoms with van der Waals surface area (Å²) in [5.41, 5.74) is 1.70. The van der Waals surface area contributed by atoms with Gasteiger partial charge in [0.15, 0.2) is 0 Å². The number of aromatic nitrogens is 1. The fourth-order valence-electron chi connectivity index (χ4n) is 3.49. The van der Waals surface area contributed by atoms with Crippen LogP contribution in [0.4, 0.5) is 0 Å². The second-order valence-electron chi connectivity index (χ2n) is 7.04. The predicted molar refractivity (Wildman–Crippen MR) is 120 cm³/mol. The molecular weight excluding hydrogens is 412 g/mol. The Bertz CT molecular complexity index is 1240. The molecule has 0 saturated carbocycles. The van der Waals surface area contributed by atoms with E-state index in [1.807, 2.05) is 42.5 Å². The van der Waals surface area contributed by atoms with Crippen molar-refractivity contribution >= 4 is 44.5 Å². The maximum Gasteiger partial charge on any atom is 0.326 e. The lowest BCUT2D eigenvalue weighted by Gasteiger charge is -2.16. The summed E-state index contributed by atoms with van der Waals surface area (Å²) in [6, 6.07) is 22.2. The van der Waals surface area contributed by atoms with Gasteiger partial charge in [-0.1, -0.05) is 54.6 Å². The molecule has 31 heavy (non-hydrogen) atoms. The number of carboxylic acid groups (broad SMARTS) is 1. The number of amides is 1. The first-order chi connectivity index (χ1) is 15.0. The predicted octanol–water partition coefficient (Wildman–Crippen LogP) is 3.77. The molecule has 0 spiro atoms. The fourth-order valence-corrected chi connectivity index (χ4v) is 4.63. The number of hydrogen-bond donors (Lipinski definition) is 2. The number of fused-ring (bicyclic) bond motifs is 2. The van der Waals surface area contributed by atoms with Crippen LogP contribution in [-0.2, 0) is 15.6 Å². The molecule has 0 bridgehead atoms. The molecular formula is C24H20N2O4S. The van der Waals surface area contributed by atoms with Gasteiger partial charge in [0, 0.05) is 21.4 Å². The van der Waals surface area contributed by atoms with Crippen LogP contribution in [-0.4, -0.2) is 38.0 Å². The third kappa shape index (κ3) is 4.46. The molecule has 6 nitrogen and oxygen atoms in total. The van der Waals surface area contributed by atoms with Crippen molar-refractivity contribution in [2.45, 2.75) is 17.4 Å². The summed E-state index contributed by atoms with van der Waals surface area (Å²) in [5.74, 6) is -1.53. The van der Waals surface area contributed by atoms with E-state index in [0.29, 0.717) is 32.3 Å². The number of pyridine rings is 1. The smallest absolute Gasteiger partial charge is 0.326 e. The Morgan fingerprint density at radius 1 is 0.871 bits per heavy atom. The molecule has 1 amide bonds. The quantitative estimate of drug-likeness (QED) is 0.434. The first-order valence-electron chi connectivity index (χ1n) is 9.79. The molecule has 4 rings (SSSR count). The summed E-state index contributed by atoms with van der Waals surface area (Å²) in [7, 11) is -1.35. The van der Waals surface area contributed by atoms with Gasteiger partial charge < -0.3 is 10.4 Å². The summed E-state index contributed by atoms with van der Waals surface area (Å²) in [4.78, 5) is 30.3. The molecule has 1 heterocycles. The van der Waals surface area contributed by atoms with Crippen molar-refractivity contribution in [3.63, 3.8) is 0 Å². The van der Waals surface area contributed by atoms with Gasteiger partial charge >= 0.3 is 5.97 Å². The zero-order valence-corrected chi connectivity index (χ0v) is 17.3. The summed E-state index contributed by atoms with van der Waals surface area (Å²) in [6.07, 6.45) is 0.0452. The average molecular weight is 433 g/mol. The van der Waals surface area contributed by atoms with Gasteiger partial charge in [-0.15, -0.1) is 0 Å². The minimum absolute atomic E-state index is 0.0452. The Hall–Kier alpha value is -3.58. The lowest BCUT2D eigenvalue weighted by molar-refractivity contribution is -0.139. The number of carbonyl (C=O) groups is 2. The van der Waals surface area contributed by atoms with Crippen molar-refractivity contribution < 1.29 is 18.9 Å². The van der Waals surface area contributed by atoms with Crippen LogP contribution < -0.4 is 5.32 Å². The summed E-state index contributed by atoms with van der Waals surface area (Å²) in [6.45, 7) is 0. The molecule has 0 aliphatic rings. The lowest BCUT2D eigenvalue weighted by atomic mass is 10.0. The molecule has 2 atom stereocenters. The summed E-state index contributed by atoms with van der Waals surface area (Å²) >= 11 is 0. The van der Waals surface area contributed by atoms with Crippen molar-refractivity contribution in [3.05, 3.63) is 84.4 Å². The van der Waals surface area contributed by atoms with E-state index < -0.39 is 28.7 Å². The normalized spacial score (nSPS) is 13.0. The third-order valence-corrected chi connectivity index (χ3v) is 6.42. The van der Waals surface area contributed by atoms with Gasteiger partial charge in [0.25, 0.3) is 5.91 Å². The lowest BCUT2D eigenvalue weighted by Crippen LogP contribution is -2.41. The van der Waals surface area contributed by atoms with Gasteiger partial charge in [0.1, 0.15) is 6.04 Å². The van der Waals surface area contributed by atoms with E-state index >= 15 is 0 Å². The highest BCUT2D eigenvalue weighted by atomic mass is 32.2. The zero-order valence-electron chi connectivity index (χ0n) is 16.5. The summed E-state index contributed by atoms with van der Waals surface area (Å²) < 4.78 is 12.5. The van der Waals surface area contributed by atoms with E-state index in [0.717, 1.165) is 0 Å². The van der Waals surface area contributed by atoms with E-state index in [-0.39, 0.29) is 12.2 Å². The third-order valence-electron chi connectivity index (χ3n) is 5.02. The van der Waals surface area contributed by atoms with E-state index in [9.17, 15) is 18.9 Å². The monoisotopic (exact) mass is 432 g/mol. The van der Waals surface area contributed by atoms with Crippen LogP contribution in [0.25, 0.3) is 21.8 Å². The van der Waals surface area contributed by atoms with Crippen molar-refractivity contribution in [3.8, 4) is 0 Å². The number of aliphatic carboxylic acids is 1. The SMILES string of the molecule is O=C(N[C@@H](CC[S@](=O)c1ccccc1)C(=O)O)c1c2ccccc2nc2ccccc12. The second kappa shape index (κ2) is 9.06. The van der Waals surface area contributed by atoms with Crippen LogP contribution in [0, 0.1) is 0 Å². The highest BCUT2D eigenvalue weighted by Gasteiger charge is 2.24. The van der Waals surface area contributed by atoms with Gasteiger partial charge in [0.05, 0.1) is 27.4 Å². The number of nitrogens with zero attached hydrogens (tertiary/aromatic N) is 1. The Morgan fingerprint density at radius 3 is 2.00 bits per heavy atom. The molecule has 0 saturated heterocycles. The molecule has 0 radical (unpaired) electrons. The van der Waals surface area contributed by atoms with Crippen molar-refractivity contribution in [2.24, 2.45) is 0 Å². The average Bonchev–Trinajstić information content (AvgIpc) is 2.80. The van der Waals surface area contributed by atoms with Crippen LogP contribution in [0.1, 0.15) is 16.8 Å². The Morgan fingerprint density at radius 2 is 1.42 bits per heavy atom. The van der Waals surface area contributed by atoms with Crippen LogP contribution in [0.5, 0.6) is 0 Å². The molecule has 0 unspecified atom stereocenters. The van der Waals surface area contributed by atoms with Crippen LogP contribution in [0.15, 0.2) is 83.8 Å². The molecule has 3 aromatic carbocycles. The Kier molecular flexibility index (Phi) is 6.04. The number of hydrogen-bond acceptors (Lipinski definition) is 4. The fraction of sp³-hybridized carbons (Fsp3) is 0.125. The number of para-hydroxylation sites is 2. The van der Waals surface area contributed by atoms with Gasteiger partial charge in [-0.2, -0.15) is 0 Å². The maximum atomic E-state index is 13.2. The largest absolute Gasteiger partial charge is 0.480 e. The van der Waals surface area contributed by atoms with Gasteiger partial charge in [-0.25, -0.2) is 9.78 Å². The topological polar surface area (TPSA) is 96.4 Å². The van der Waals surface area contributed by atoms with E-state index in [4.69, 9.17) is 0 Å². The molecule has 0 fully saturated rings. The van der Waals surface area contributed by atoms with Crippen molar-refractivity contribution in [2.75, 3.05) is 5.75 Å². The van der Waals surface area contributed by atoms with Gasteiger partial charge in [-0.3, -0.25) is 9.00 Å².